The van der Waals surface area contributed by atoms with Crippen LogP contribution in [0.4, 0.5) is 11.5 Å². The SMILES string of the molecule is N=C(c1cccc(N2CCC(N)C2)n1)c1cc(-c2cccnc2)ncc1N. The molecule has 0 amide bonds. The predicted molar refractivity (Wildman–Crippen MR) is 107 cm³/mol. The topological polar surface area (TPSA) is 118 Å². The van der Waals surface area contributed by atoms with Crippen LogP contribution in [-0.4, -0.2) is 39.8 Å². The molecule has 3 aromatic rings. The van der Waals surface area contributed by atoms with E-state index in [-0.39, 0.29) is 11.8 Å². The second kappa shape index (κ2) is 7.13. The maximum absolute atomic E-state index is 8.65. The van der Waals surface area contributed by atoms with Crippen LogP contribution in [0, 0.1) is 5.41 Å². The van der Waals surface area contributed by atoms with Gasteiger partial charge in [0.05, 0.1) is 29.0 Å². The van der Waals surface area contributed by atoms with Gasteiger partial charge in [-0.25, -0.2) is 4.98 Å². The molecule has 7 nitrogen and oxygen atoms in total. The fourth-order valence-corrected chi connectivity index (χ4v) is 3.23. The highest BCUT2D eigenvalue weighted by molar-refractivity contribution is 6.13. The van der Waals surface area contributed by atoms with Gasteiger partial charge in [-0.05, 0) is 36.8 Å². The summed E-state index contributed by atoms with van der Waals surface area (Å²) < 4.78 is 0. The highest BCUT2D eigenvalue weighted by atomic mass is 15.2. The Morgan fingerprint density at radius 3 is 2.81 bits per heavy atom. The highest BCUT2D eigenvalue weighted by Crippen LogP contribution is 2.24. The van der Waals surface area contributed by atoms with Crippen molar-refractivity contribution in [3.8, 4) is 11.3 Å². The molecular weight excluding hydrogens is 338 g/mol. The molecule has 4 rings (SSSR count). The van der Waals surface area contributed by atoms with Crippen LogP contribution in [-0.2, 0) is 0 Å². The molecule has 3 aromatic heterocycles. The van der Waals surface area contributed by atoms with Gasteiger partial charge < -0.3 is 16.4 Å². The summed E-state index contributed by atoms with van der Waals surface area (Å²) in [4.78, 5) is 15.3. The van der Waals surface area contributed by atoms with Crippen molar-refractivity contribution in [2.75, 3.05) is 23.7 Å². The Labute approximate surface area is 157 Å². The number of rotatable bonds is 4. The van der Waals surface area contributed by atoms with E-state index in [2.05, 4.69) is 19.9 Å². The molecule has 27 heavy (non-hydrogen) atoms. The molecule has 136 valence electrons. The van der Waals surface area contributed by atoms with Crippen LogP contribution in [0.3, 0.4) is 0 Å². The first-order chi connectivity index (χ1) is 13.1. The molecule has 1 aliphatic rings. The number of anilines is 2. The third kappa shape index (κ3) is 3.50. The monoisotopic (exact) mass is 359 g/mol. The fourth-order valence-electron chi connectivity index (χ4n) is 3.23. The van der Waals surface area contributed by atoms with Crippen molar-refractivity contribution >= 4 is 17.2 Å². The van der Waals surface area contributed by atoms with Crippen molar-refractivity contribution in [3.63, 3.8) is 0 Å². The minimum Gasteiger partial charge on any atom is -0.397 e. The molecular formula is C20H21N7. The average Bonchev–Trinajstić information content (AvgIpc) is 3.15. The first-order valence-electron chi connectivity index (χ1n) is 8.84. The maximum Gasteiger partial charge on any atom is 0.129 e. The molecule has 0 aliphatic carbocycles. The van der Waals surface area contributed by atoms with E-state index in [9.17, 15) is 0 Å². The van der Waals surface area contributed by atoms with Crippen molar-refractivity contribution in [2.45, 2.75) is 12.5 Å². The molecule has 0 radical (unpaired) electrons. The molecule has 4 heterocycles. The smallest absolute Gasteiger partial charge is 0.129 e. The van der Waals surface area contributed by atoms with Crippen LogP contribution in [0.1, 0.15) is 17.7 Å². The summed E-state index contributed by atoms with van der Waals surface area (Å²) >= 11 is 0. The van der Waals surface area contributed by atoms with Crippen molar-refractivity contribution in [1.29, 1.82) is 5.41 Å². The summed E-state index contributed by atoms with van der Waals surface area (Å²) in [5.41, 5.74) is 15.6. The Bertz CT molecular complexity index is 971. The van der Waals surface area contributed by atoms with Crippen molar-refractivity contribution in [1.82, 2.24) is 15.0 Å². The zero-order valence-corrected chi connectivity index (χ0v) is 14.8. The number of hydrogen-bond donors (Lipinski definition) is 3. The number of aromatic nitrogens is 3. The first-order valence-corrected chi connectivity index (χ1v) is 8.84. The summed E-state index contributed by atoms with van der Waals surface area (Å²) in [6.45, 7) is 1.67. The molecule has 0 aromatic carbocycles. The Balaban J connectivity index is 1.67. The average molecular weight is 359 g/mol. The van der Waals surface area contributed by atoms with Gasteiger partial charge in [0.25, 0.3) is 0 Å². The van der Waals surface area contributed by atoms with Gasteiger partial charge in [0, 0.05) is 42.7 Å². The Kier molecular flexibility index (Phi) is 4.52. The number of nitrogens with two attached hydrogens (primary N) is 2. The summed E-state index contributed by atoms with van der Waals surface area (Å²) in [7, 11) is 0. The molecule has 0 saturated carbocycles. The predicted octanol–water partition coefficient (Wildman–Crippen LogP) is 2.07. The van der Waals surface area contributed by atoms with Gasteiger partial charge >= 0.3 is 0 Å². The van der Waals surface area contributed by atoms with E-state index in [1.807, 2.05) is 36.4 Å². The van der Waals surface area contributed by atoms with Crippen LogP contribution < -0.4 is 16.4 Å². The van der Waals surface area contributed by atoms with E-state index in [1.165, 1.54) is 0 Å². The number of pyridine rings is 3. The lowest BCUT2D eigenvalue weighted by atomic mass is 10.0. The third-order valence-electron chi connectivity index (χ3n) is 4.70. The number of nitrogen functional groups attached to an aromatic ring is 1. The molecule has 1 atom stereocenters. The quantitative estimate of drug-likeness (QED) is 0.614. The van der Waals surface area contributed by atoms with Crippen LogP contribution in [0.15, 0.2) is 55.0 Å². The van der Waals surface area contributed by atoms with Crippen molar-refractivity contribution < 1.29 is 0 Å². The summed E-state index contributed by atoms with van der Waals surface area (Å²) in [5.74, 6) is 0.838. The molecule has 1 aliphatic heterocycles. The third-order valence-corrected chi connectivity index (χ3v) is 4.70. The zero-order chi connectivity index (χ0) is 18.8. The maximum atomic E-state index is 8.65. The first kappa shape index (κ1) is 17.1. The van der Waals surface area contributed by atoms with Gasteiger partial charge in [0.2, 0.25) is 0 Å². The van der Waals surface area contributed by atoms with Gasteiger partial charge in [-0.3, -0.25) is 15.4 Å². The van der Waals surface area contributed by atoms with Crippen LogP contribution in [0.25, 0.3) is 11.3 Å². The molecule has 5 N–H and O–H groups in total. The van der Waals surface area contributed by atoms with E-state index in [1.54, 1.807) is 18.6 Å². The molecule has 1 saturated heterocycles. The Hall–Kier alpha value is -3.32. The number of nitrogens with one attached hydrogen (secondary N) is 1. The lowest BCUT2D eigenvalue weighted by Crippen LogP contribution is -2.27. The number of nitrogens with zero attached hydrogens (tertiary/aromatic N) is 4. The van der Waals surface area contributed by atoms with E-state index in [0.717, 1.165) is 36.6 Å². The summed E-state index contributed by atoms with van der Waals surface area (Å²) in [6, 6.07) is 11.5. The van der Waals surface area contributed by atoms with Crippen LogP contribution in [0.2, 0.25) is 0 Å². The van der Waals surface area contributed by atoms with Crippen molar-refractivity contribution in [2.24, 2.45) is 5.73 Å². The second-order valence-electron chi connectivity index (χ2n) is 6.65. The Morgan fingerprint density at radius 1 is 1.19 bits per heavy atom. The van der Waals surface area contributed by atoms with E-state index >= 15 is 0 Å². The molecule has 7 heteroatoms. The van der Waals surface area contributed by atoms with Gasteiger partial charge in [0.15, 0.2) is 0 Å². The molecule has 0 spiro atoms. The molecule has 1 fully saturated rings. The van der Waals surface area contributed by atoms with Crippen LogP contribution in [0.5, 0.6) is 0 Å². The lowest BCUT2D eigenvalue weighted by Gasteiger charge is -2.18. The van der Waals surface area contributed by atoms with Gasteiger partial charge in [-0.15, -0.1) is 0 Å². The molecule has 1 unspecified atom stereocenters. The highest BCUT2D eigenvalue weighted by Gasteiger charge is 2.21. The van der Waals surface area contributed by atoms with Gasteiger partial charge in [0.1, 0.15) is 5.82 Å². The minimum absolute atomic E-state index is 0.174. The van der Waals surface area contributed by atoms with E-state index in [0.29, 0.717) is 16.9 Å². The van der Waals surface area contributed by atoms with Gasteiger partial charge in [-0.1, -0.05) is 6.07 Å². The fraction of sp³-hybridized carbons (Fsp3) is 0.200. The summed E-state index contributed by atoms with van der Waals surface area (Å²) in [5, 5.41) is 8.65. The summed E-state index contributed by atoms with van der Waals surface area (Å²) in [6.07, 6.45) is 5.98. The van der Waals surface area contributed by atoms with Crippen LogP contribution >= 0.6 is 0 Å². The minimum atomic E-state index is 0.174. The number of hydrogen-bond acceptors (Lipinski definition) is 7. The van der Waals surface area contributed by atoms with Crippen molar-refractivity contribution in [3.05, 3.63) is 66.2 Å². The largest absolute Gasteiger partial charge is 0.397 e. The molecule has 0 bridgehead atoms. The second-order valence-corrected chi connectivity index (χ2v) is 6.65. The van der Waals surface area contributed by atoms with E-state index < -0.39 is 0 Å². The van der Waals surface area contributed by atoms with E-state index in [4.69, 9.17) is 16.9 Å². The normalized spacial score (nSPS) is 16.5. The Morgan fingerprint density at radius 2 is 2.07 bits per heavy atom. The lowest BCUT2D eigenvalue weighted by molar-refractivity contribution is 0.751. The van der Waals surface area contributed by atoms with Gasteiger partial charge in [-0.2, -0.15) is 0 Å². The zero-order valence-electron chi connectivity index (χ0n) is 14.8. The standard InChI is InChI=1S/C20H21N7/c21-14-6-8-27(12-14)19-5-1-4-17(26-19)20(23)15-9-18(25-11-16(15)22)13-3-2-7-24-10-13/h1-5,7,9-11,14,23H,6,8,12,21-22H2.